The van der Waals surface area contributed by atoms with Crippen molar-refractivity contribution in [2.75, 3.05) is 13.1 Å². The van der Waals surface area contributed by atoms with Gasteiger partial charge in [0.1, 0.15) is 16.9 Å². The molecule has 0 spiro atoms. The number of fused-ring (bicyclic) bond motifs is 1. The number of benzene rings is 1. The van der Waals surface area contributed by atoms with E-state index in [9.17, 15) is 15.0 Å². The van der Waals surface area contributed by atoms with Crippen LogP contribution < -0.4 is 0 Å². The molecule has 20 heavy (non-hydrogen) atoms. The summed E-state index contributed by atoms with van der Waals surface area (Å²) in [4.78, 5) is 13.5. The smallest absolute Gasteiger partial charge is 0.339 e. The third-order valence-corrected chi connectivity index (χ3v) is 3.78. The molecule has 0 radical (unpaired) electrons. The molecule has 0 aliphatic carbocycles. The topological polar surface area (TPSA) is 73.9 Å². The van der Waals surface area contributed by atoms with Crippen LogP contribution in [0.2, 0.25) is 0 Å². The Labute approximate surface area is 116 Å². The minimum atomic E-state index is -0.976. The summed E-state index contributed by atoms with van der Waals surface area (Å²) in [6.07, 6.45) is 0.690. The summed E-state index contributed by atoms with van der Waals surface area (Å²) in [7, 11) is 0. The quantitative estimate of drug-likeness (QED) is 0.897. The van der Waals surface area contributed by atoms with E-state index in [1.165, 1.54) is 0 Å². The highest BCUT2D eigenvalue weighted by atomic mass is 16.4. The second-order valence-corrected chi connectivity index (χ2v) is 5.66. The SMILES string of the molecule is CC1(O)CCN(Cc2oc3ccccc3c2C(=O)O)C1. The lowest BCUT2D eigenvalue weighted by molar-refractivity contribution is 0.0665. The number of carbonyl (C=O) groups is 1. The number of hydrogen-bond donors (Lipinski definition) is 2. The summed E-state index contributed by atoms with van der Waals surface area (Å²) in [5.41, 5.74) is 0.119. The van der Waals surface area contributed by atoms with Gasteiger partial charge in [0.25, 0.3) is 0 Å². The lowest BCUT2D eigenvalue weighted by atomic mass is 10.1. The Morgan fingerprint density at radius 3 is 2.85 bits per heavy atom. The van der Waals surface area contributed by atoms with Gasteiger partial charge in [0, 0.05) is 18.5 Å². The number of carboxylic acid groups (broad SMARTS) is 1. The number of carboxylic acids is 1. The van der Waals surface area contributed by atoms with E-state index >= 15 is 0 Å². The first-order valence-electron chi connectivity index (χ1n) is 6.65. The summed E-state index contributed by atoms with van der Waals surface area (Å²) in [6.45, 7) is 3.47. The molecular formula is C15H17NO4. The zero-order valence-electron chi connectivity index (χ0n) is 11.3. The number of furan rings is 1. The predicted octanol–water partition coefficient (Wildman–Crippen LogP) is 2.09. The number of para-hydroxylation sites is 1. The van der Waals surface area contributed by atoms with Gasteiger partial charge in [-0.05, 0) is 19.4 Å². The average molecular weight is 275 g/mol. The second-order valence-electron chi connectivity index (χ2n) is 5.66. The monoisotopic (exact) mass is 275 g/mol. The zero-order valence-corrected chi connectivity index (χ0v) is 11.3. The standard InChI is InChI=1S/C15H17NO4/c1-15(19)6-7-16(9-15)8-12-13(14(17)18)10-4-2-3-5-11(10)20-12/h2-5,19H,6-9H2,1H3,(H,17,18). The molecule has 1 aromatic heterocycles. The summed E-state index contributed by atoms with van der Waals surface area (Å²) < 4.78 is 5.69. The van der Waals surface area contributed by atoms with Crippen LogP contribution in [0, 0.1) is 0 Å². The maximum absolute atomic E-state index is 11.5. The highest BCUT2D eigenvalue weighted by Crippen LogP contribution is 2.29. The largest absolute Gasteiger partial charge is 0.478 e. The van der Waals surface area contributed by atoms with Crippen molar-refractivity contribution >= 4 is 16.9 Å². The number of hydrogen-bond acceptors (Lipinski definition) is 4. The fraction of sp³-hybridized carbons (Fsp3) is 0.400. The minimum absolute atomic E-state index is 0.229. The van der Waals surface area contributed by atoms with Gasteiger partial charge in [-0.1, -0.05) is 18.2 Å². The Kier molecular flexibility index (Phi) is 3.03. The number of likely N-dealkylation sites (tertiary alicyclic amines) is 1. The third-order valence-electron chi connectivity index (χ3n) is 3.78. The molecule has 1 aromatic carbocycles. The summed E-state index contributed by atoms with van der Waals surface area (Å²) in [6, 6.07) is 7.15. The highest BCUT2D eigenvalue weighted by Gasteiger charge is 2.32. The van der Waals surface area contributed by atoms with Crippen molar-refractivity contribution in [1.82, 2.24) is 4.90 Å². The number of β-amino-alcohol motifs (C(OH)–C–C–N with tert-alkyl or cyclic N) is 1. The van der Waals surface area contributed by atoms with Gasteiger partial charge in [0.15, 0.2) is 0 Å². The van der Waals surface area contributed by atoms with Crippen molar-refractivity contribution in [2.24, 2.45) is 0 Å². The molecule has 0 amide bonds. The van der Waals surface area contributed by atoms with Crippen LogP contribution in [0.3, 0.4) is 0 Å². The van der Waals surface area contributed by atoms with E-state index in [2.05, 4.69) is 0 Å². The Morgan fingerprint density at radius 1 is 1.45 bits per heavy atom. The van der Waals surface area contributed by atoms with E-state index in [1.54, 1.807) is 25.1 Å². The molecule has 1 fully saturated rings. The van der Waals surface area contributed by atoms with Crippen LogP contribution in [0.15, 0.2) is 28.7 Å². The van der Waals surface area contributed by atoms with Crippen molar-refractivity contribution in [3.8, 4) is 0 Å². The van der Waals surface area contributed by atoms with E-state index < -0.39 is 11.6 Å². The Bertz CT molecular complexity index is 659. The van der Waals surface area contributed by atoms with Crippen LogP contribution >= 0.6 is 0 Å². The van der Waals surface area contributed by atoms with Crippen LogP contribution in [-0.2, 0) is 6.54 Å². The molecule has 5 heteroatoms. The molecule has 1 saturated heterocycles. The fourth-order valence-corrected chi connectivity index (χ4v) is 2.82. The molecule has 2 aromatic rings. The lowest BCUT2D eigenvalue weighted by Gasteiger charge is -2.17. The van der Waals surface area contributed by atoms with Gasteiger partial charge in [-0.3, -0.25) is 4.90 Å². The van der Waals surface area contributed by atoms with Crippen molar-refractivity contribution in [3.63, 3.8) is 0 Å². The van der Waals surface area contributed by atoms with Crippen molar-refractivity contribution in [1.29, 1.82) is 0 Å². The Balaban J connectivity index is 1.95. The number of aromatic carboxylic acids is 1. The van der Waals surface area contributed by atoms with Gasteiger partial charge in [0.05, 0.1) is 12.1 Å². The molecule has 1 atom stereocenters. The average Bonchev–Trinajstić information content (AvgIpc) is 2.89. The molecular weight excluding hydrogens is 258 g/mol. The maximum Gasteiger partial charge on any atom is 0.339 e. The van der Waals surface area contributed by atoms with E-state index in [1.807, 2.05) is 11.0 Å². The van der Waals surface area contributed by atoms with Gasteiger partial charge in [0.2, 0.25) is 0 Å². The Hall–Kier alpha value is -1.85. The molecule has 3 rings (SSSR count). The molecule has 0 saturated carbocycles. The van der Waals surface area contributed by atoms with Crippen LogP contribution in [-0.4, -0.2) is 39.8 Å². The molecule has 5 nitrogen and oxygen atoms in total. The second kappa shape index (κ2) is 4.61. The minimum Gasteiger partial charge on any atom is -0.478 e. The number of rotatable bonds is 3. The summed E-state index contributed by atoms with van der Waals surface area (Å²) >= 11 is 0. The van der Waals surface area contributed by atoms with Gasteiger partial charge in [-0.25, -0.2) is 4.79 Å². The van der Waals surface area contributed by atoms with E-state index in [-0.39, 0.29) is 5.56 Å². The van der Waals surface area contributed by atoms with E-state index in [4.69, 9.17) is 4.42 Å². The molecule has 106 valence electrons. The lowest BCUT2D eigenvalue weighted by Crippen LogP contribution is -2.29. The predicted molar refractivity (Wildman–Crippen MR) is 73.7 cm³/mol. The number of nitrogens with zero attached hydrogens (tertiary/aromatic N) is 1. The maximum atomic E-state index is 11.5. The number of aliphatic hydroxyl groups is 1. The molecule has 1 unspecified atom stereocenters. The molecule has 2 N–H and O–H groups in total. The first-order chi connectivity index (χ1) is 9.46. The third kappa shape index (κ3) is 2.30. The molecule has 1 aliphatic heterocycles. The Morgan fingerprint density at radius 2 is 2.20 bits per heavy atom. The van der Waals surface area contributed by atoms with Crippen LogP contribution in [0.5, 0.6) is 0 Å². The fourth-order valence-electron chi connectivity index (χ4n) is 2.82. The first kappa shape index (κ1) is 13.1. The molecule has 1 aliphatic rings. The highest BCUT2D eigenvalue weighted by molar-refractivity contribution is 6.03. The van der Waals surface area contributed by atoms with Gasteiger partial charge >= 0.3 is 5.97 Å². The normalized spacial score (nSPS) is 23.5. The van der Waals surface area contributed by atoms with E-state index in [0.29, 0.717) is 36.2 Å². The van der Waals surface area contributed by atoms with Crippen LogP contribution in [0.25, 0.3) is 11.0 Å². The summed E-state index contributed by atoms with van der Waals surface area (Å²) in [5.74, 6) is -0.521. The zero-order chi connectivity index (χ0) is 14.3. The van der Waals surface area contributed by atoms with Crippen LogP contribution in [0.4, 0.5) is 0 Å². The molecule has 2 heterocycles. The van der Waals surface area contributed by atoms with Gasteiger partial charge < -0.3 is 14.6 Å². The summed E-state index contributed by atoms with van der Waals surface area (Å²) in [5, 5.41) is 20.0. The first-order valence-corrected chi connectivity index (χ1v) is 6.65. The van der Waals surface area contributed by atoms with Crippen molar-refractivity contribution in [3.05, 3.63) is 35.6 Å². The van der Waals surface area contributed by atoms with Crippen molar-refractivity contribution < 1.29 is 19.4 Å². The van der Waals surface area contributed by atoms with Gasteiger partial charge in [-0.15, -0.1) is 0 Å². The van der Waals surface area contributed by atoms with Gasteiger partial charge in [-0.2, -0.15) is 0 Å². The molecule has 0 bridgehead atoms. The van der Waals surface area contributed by atoms with E-state index in [0.717, 1.165) is 6.54 Å². The van der Waals surface area contributed by atoms with Crippen molar-refractivity contribution in [2.45, 2.75) is 25.5 Å². The van der Waals surface area contributed by atoms with Crippen LogP contribution in [0.1, 0.15) is 29.5 Å².